The number of benzene rings is 1. The molecule has 1 aromatic rings. The second kappa shape index (κ2) is 4.60. The van der Waals surface area contributed by atoms with Crippen molar-refractivity contribution in [3.63, 3.8) is 0 Å². The zero-order chi connectivity index (χ0) is 9.84. The molecular formula is C9H11BrO3. The quantitative estimate of drug-likeness (QED) is 0.702. The predicted octanol–water partition coefficient (Wildman–Crippen LogP) is 1.14. The van der Waals surface area contributed by atoms with E-state index in [0.29, 0.717) is 12.0 Å². The van der Waals surface area contributed by atoms with Crippen molar-refractivity contribution >= 4 is 15.9 Å². The first-order chi connectivity index (χ1) is 6.13. The van der Waals surface area contributed by atoms with Gasteiger partial charge in [0.15, 0.2) is 0 Å². The molecule has 0 aromatic heterocycles. The van der Waals surface area contributed by atoms with Crippen LogP contribution in [0.2, 0.25) is 0 Å². The summed E-state index contributed by atoms with van der Waals surface area (Å²) >= 11 is 3.01. The zero-order valence-corrected chi connectivity index (χ0v) is 8.53. The zero-order valence-electron chi connectivity index (χ0n) is 6.94. The number of aliphatic hydroxyl groups excluding tert-OH is 2. The Balaban J connectivity index is 2.86. The summed E-state index contributed by atoms with van der Waals surface area (Å²) in [7, 11) is 0. The Morgan fingerprint density at radius 1 is 1.38 bits per heavy atom. The first-order valence-corrected chi connectivity index (χ1v) is 4.79. The van der Waals surface area contributed by atoms with E-state index in [0.717, 1.165) is 5.56 Å². The average Bonchev–Trinajstić information content (AvgIpc) is 2.07. The van der Waals surface area contributed by atoms with Crippen LogP contribution in [0.3, 0.4) is 0 Å². The number of rotatable bonds is 3. The van der Waals surface area contributed by atoms with Crippen LogP contribution < -0.4 is 0 Å². The van der Waals surface area contributed by atoms with Crippen LogP contribution in [0.1, 0.15) is 11.1 Å². The minimum Gasteiger partial charge on any atom is -0.508 e. The van der Waals surface area contributed by atoms with Gasteiger partial charge in [0.25, 0.3) is 0 Å². The normalized spacial score (nSPS) is 12.8. The van der Waals surface area contributed by atoms with Gasteiger partial charge in [-0.05, 0) is 17.7 Å². The van der Waals surface area contributed by atoms with E-state index in [1.807, 2.05) is 0 Å². The van der Waals surface area contributed by atoms with Gasteiger partial charge in [0.2, 0.25) is 0 Å². The molecule has 0 bridgehead atoms. The SMILES string of the molecule is OCc1cc(CC(O)Br)ccc1O. The van der Waals surface area contributed by atoms with Gasteiger partial charge in [-0.2, -0.15) is 0 Å². The van der Waals surface area contributed by atoms with Gasteiger partial charge in [-0.15, -0.1) is 0 Å². The molecule has 4 heteroatoms. The Hall–Kier alpha value is -0.580. The van der Waals surface area contributed by atoms with Crippen molar-refractivity contribution in [2.45, 2.75) is 18.0 Å². The third-order valence-electron chi connectivity index (χ3n) is 1.72. The largest absolute Gasteiger partial charge is 0.508 e. The first-order valence-electron chi connectivity index (χ1n) is 3.87. The van der Waals surface area contributed by atoms with E-state index in [-0.39, 0.29) is 12.4 Å². The monoisotopic (exact) mass is 246 g/mol. The molecule has 1 aromatic carbocycles. The van der Waals surface area contributed by atoms with Crippen molar-refractivity contribution in [1.29, 1.82) is 0 Å². The standard InChI is InChI=1S/C9H11BrO3/c10-9(13)4-6-1-2-8(12)7(3-6)5-11/h1-3,9,11-13H,4-5H2. The lowest BCUT2D eigenvalue weighted by Gasteiger charge is -2.06. The number of halogens is 1. The molecule has 72 valence electrons. The number of hydrogen-bond donors (Lipinski definition) is 3. The van der Waals surface area contributed by atoms with E-state index >= 15 is 0 Å². The molecule has 0 spiro atoms. The first kappa shape index (κ1) is 10.5. The highest BCUT2D eigenvalue weighted by Gasteiger charge is 2.04. The fourth-order valence-electron chi connectivity index (χ4n) is 1.09. The molecule has 0 radical (unpaired) electrons. The summed E-state index contributed by atoms with van der Waals surface area (Å²) < 4.78 is 0. The molecule has 1 rings (SSSR count). The number of phenols is 1. The van der Waals surface area contributed by atoms with E-state index in [4.69, 9.17) is 10.2 Å². The molecule has 0 saturated heterocycles. The Labute approximate surface area is 84.8 Å². The minimum atomic E-state index is -0.594. The van der Waals surface area contributed by atoms with Crippen molar-refractivity contribution in [1.82, 2.24) is 0 Å². The smallest absolute Gasteiger partial charge is 0.121 e. The Morgan fingerprint density at radius 2 is 2.08 bits per heavy atom. The molecule has 0 heterocycles. The van der Waals surface area contributed by atoms with Crippen molar-refractivity contribution in [2.75, 3.05) is 0 Å². The summed E-state index contributed by atoms with van der Waals surface area (Å²) in [4.78, 5) is 0. The number of alkyl halides is 1. The molecule has 13 heavy (non-hydrogen) atoms. The molecule has 3 N–H and O–H groups in total. The lowest BCUT2D eigenvalue weighted by molar-refractivity contribution is 0.268. The summed E-state index contributed by atoms with van der Waals surface area (Å²) in [6.45, 7) is -0.196. The van der Waals surface area contributed by atoms with Gasteiger partial charge in [-0.3, -0.25) is 0 Å². The molecule has 0 fully saturated rings. The van der Waals surface area contributed by atoms with E-state index in [1.165, 1.54) is 6.07 Å². The van der Waals surface area contributed by atoms with E-state index in [1.54, 1.807) is 12.1 Å². The van der Waals surface area contributed by atoms with Gasteiger partial charge in [0.1, 0.15) is 10.8 Å². The summed E-state index contributed by atoms with van der Waals surface area (Å²) in [5.41, 5.74) is 1.34. The van der Waals surface area contributed by atoms with Gasteiger partial charge in [-0.25, -0.2) is 0 Å². The average molecular weight is 247 g/mol. The fourth-order valence-corrected chi connectivity index (χ4v) is 1.46. The van der Waals surface area contributed by atoms with Crippen LogP contribution in [0, 0.1) is 0 Å². The molecule has 1 atom stereocenters. The molecule has 0 aliphatic carbocycles. The lowest BCUT2D eigenvalue weighted by atomic mass is 10.1. The molecule has 3 nitrogen and oxygen atoms in total. The van der Waals surface area contributed by atoms with Crippen LogP contribution in [-0.4, -0.2) is 20.3 Å². The maximum absolute atomic E-state index is 9.23. The molecule has 0 saturated carbocycles. The summed E-state index contributed by atoms with van der Waals surface area (Å²) in [6.07, 6.45) is 0.452. The van der Waals surface area contributed by atoms with Crippen LogP contribution in [-0.2, 0) is 13.0 Å². The maximum Gasteiger partial charge on any atom is 0.121 e. The Morgan fingerprint density at radius 3 is 2.62 bits per heavy atom. The maximum atomic E-state index is 9.23. The highest BCUT2D eigenvalue weighted by Crippen LogP contribution is 2.19. The fraction of sp³-hybridized carbons (Fsp3) is 0.333. The number of aromatic hydroxyl groups is 1. The van der Waals surface area contributed by atoms with Crippen LogP contribution in [0.25, 0.3) is 0 Å². The summed E-state index contributed by atoms with van der Waals surface area (Å²) in [5, 5.41) is 26.5. The van der Waals surface area contributed by atoms with E-state index < -0.39 is 5.01 Å². The second-order valence-corrected chi connectivity index (χ2v) is 3.82. The van der Waals surface area contributed by atoms with Crippen molar-refractivity contribution < 1.29 is 15.3 Å². The summed E-state index contributed by atoms with van der Waals surface area (Å²) in [5.74, 6) is 0.0790. The third-order valence-corrected chi connectivity index (χ3v) is 2.04. The highest BCUT2D eigenvalue weighted by atomic mass is 79.9. The van der Waals surface area contributed by atoms with Gasteiger partial charge in [0.05, 0.1) is 6.61 Å². The van der Waals surface area contributed by atoms with E-state index in [2.05, 4.69) is 15.9 Å². The highest BCUT2D eigenvalue weighted by molar-refractivity contribution is 9.09. The Bertz CT molecular complexity index is 286. The molecular weight excluding hydrogens is 236 g/mol. The van der Waals surface area contributed by atoms with Crippen molar-refractivity contribution in [2.24, 2.45) is 0 Å². The van der Waals surface area contributed by atoms with Gasteiger partial charge < -0.3 is 15.3 Å². The molecule has 0 aliphatic rings. The van der Waals surface area contributed by atoms with Crippen LogP contribution >= 0.6 is 15.9 Å². The Kier molecular flexibility index (Phi) is 3.71. The topological polar surface area (TPSA) is 60.7 Å². The van der Waals surface area contributed by atoms with Gasteiger partial charge in [0, 0.05) is 12.0 Å². The predicted molar refractivity (Wildman–Crippen MR) is 52.7 cm³/mol. The van der Waals surface area contributed by atoms with Crippen molar-refractivity contribution in [3.8, 4) is 5.75 Å². The summed E-state index contributed by atoms with van der Waals surface area (Å²) in [6, 6.07) is 4.88. The second-order valence-electron chi connectivity index (χ2n) is 2.76. The number of aliphatic hydroxyl groups is 2. The van der Waals surface area contributed by atoms with Gasteiger partial charge >= 0.3 is 0 Å². The van der Waals surface area contributed by atoms with E-state index in [9.17, 15) is 5.11 Å². The number of hydrogen-bond acceptors (Lipinski definition) is 3. The van der Waals surface area contributed by atoms with Crippen molar-refractivity contribution in [3.05, 3.63) is 29.3 Å². The van der Waals surface area contributed by atoms with Gasteiger partial charge in [-0.1, -0.05) is 22.0 Å². The van der Waals surface area contributed by atoms with Crippen LogP contribution in [0.4, 0.5) is 0 Å². The van der Waals surface area contributed by atoms with Crippen LogP contribution in [0.15, 0.2) is 18.2 Å². The minimum absolute atomic E-state index is 0.0790. The molecule has 0 aliphatic heterocycles. The molecule has 0 amide bonds. The molecule has 1 unspecified atom stereocenters. The lowest BCUT2D eigenvalue weighted by Crippen LogP contribution is -2.00. The van der Waals surface area contributed by atoms with Crippen LogP contribution in [0.5, 0.6) is 5.75 Å². The third kappa shape index (κ3) is 2.99.